The number of halogens is 1. The normalized spacial score (nSPS) is 10.3. The molecule has 0 saturated carbocycles. The number of aromatic nitrogens is 1. The van der Waals surface area contributed by atoms with Gasteiger partial charge in [-0.2, -0.15) is 0 Å². The largest absolute Gasteiger partial charge is 0.497 e. The highest BCUT2D eigenvalue weighted by atomic mass is 79.9. The quantitative estimate of drug-likeness (QED) is 0.695. The smallest absolute Gasteiger partial charge is 0.258 e. The van der Waals surface area contributed by atoms with Crippen molar-refractivity contribution in [2.24, 2.45) is 0 Å². The van der Waals surface area contributed by atoms with Crippen molar-refractivity contribution in [3.63, 3.8) is 0 Å². The molecule has 1 aromatic heterocycles. The average Bonchev–Trinajstić information content (AvgIpc) is 3.03. The van der Waals surface area contributed by atoms with E-state index in [4.69, 9.17) is 4.74 Å². The van der Waals surface area contributed by atoms with Crippen LogP contribution in [0, 0.1) is 0 Å². The number of carbonyl (C=O) groups is 1. The van der Waals surface area contributed by atoms with E-state index in [2.05, 4.69) is 26.2 Å². The van der Waals surface area contributed by atoms with Gasteiger partial charge >= 0.3 is 0 Å². The van der Waals surface area contributed by atoms with E-state index >= 15 is 0 Å². The Hall–Kier alpha value is -2.18. The number of hydrogen-bond acceptors (Lipinski definition) is 4. The van der Waals surface area contributed by atoms with Crippen molar-refractivity contribution in [3.05, 3.63) is 63.9 Å². The highest BCUT2D eigenvalue weighted by Crippen LogP contribution is 2.27. The maximum absolute atomic E-state index is 12.3. The lowest BCUT2D eigenvalue weighted by Crippen LogP contribution is -2.12. The fourth-order valence-electron chi connectivity index (χ4n) is 2.04. The number of hydrogen-bond donors (Lipinski definition) is 1. The minimum atomic E-state index is -0.187. The third kappa shape index (κ3) is 3.60. The molecule has 0 aliphatic carbocycles. The van der Waals surface area contributed by atoms with Crippen molar-refractivity contribution >= 4 is 38.3 Å². The molecule has 0 unspecified atom stereocenters. The zero-order valence-electron chi connectivity index (χ0n) is 12.2. The predicted molar refractivity (Wildman–Crippen MR) is 96.2 cm³/mol. The molecule has 0 spiro atoms. The number of nitrogens with one attached hydrogen (secondary N) is 1. The summed E-state index contributed by atoms with van der Waals surface area (Å²) < 4.78 is 5.90. The molecule has 6 heteroatoms. The van der Waals surface area contributed by atoms with Crippen LogP contribution in [0.25, 0.3) is 11.3 Å². The average molecular weight is 389 g/mol. The number of ether oxygens (including phenoxy) is 1. The summed E-state index contributed by atoms with van der Waals surface area (Å²) in [6, 6.07) is 14.9. The van der Waals surface area contributed by atoms with Crippen LogP contribution < -0.4 is 10.1 Å². The summed E-state index contributed by atoms with van der Waals surface area (Å²) in [6.45, 7) is 0. The molecule has 2 aromatic carbocycles. The summed E-state index contributed by atoms with van der Waals surface area (Å²) >= 11 is 4.77. The van der Waals surface area contributed by atoms with E-state index in [1.54, 1.807) is 13.2 Å². The van der Waals surface area contributed by atoms with Gasteiger partial charge in [0.15, 0.2) is 5.13 Å². The van der Waals surface area contributed by atoms with Crippen LogP contribution in [-0.4, -0.2) is 18.0 Å². The van der Waals surface area contributed by atoms with Crippen molar-refractivity contribution in [2.75, 3.05) is 12.4 Å². The van der Waals surface area contributed by atoms with Gasteiger partial charge in [-0.1, -0.05) is 12.1 Å². The second-order valence-corrected chi connectivity index (χ2v) is 6.41. The molecule has 0 saturated heterocycles. The third-order valence-electron chi connectivity index (χ3n) is 3.23. The first-order valence-electron chi connectivity index (χ1n) is 6.83. The molecular weight excluding hydrogens is 376 g/mol. The van der Waals surface area contributed by atoms with Gasteiger partial charge in [-0.05, 0) is 52.3 Å². The first-order chi connectivity index (χ1) is 11.2. The van der Waals surface area contributed by atoms with Gasteiger partial charge in [0.1, 0.15) is 5.75 Å². The maximum Gasteiger partial charge on any atom is 0.258 e. The number of amides is 1. The van der Waals surface area contributed by atoms with Crippen LogP contribution in [0.5, 0.6) is 5.75 Å². The van der Waals surface area contributed by atoms with Crippen LogP contribution in [0.15, 0.2) is 58.4 Å². The summed E-state index contributed by atoms with van der Waals surface area (Å²) in [5.74, 6) is 0.611. The summed E-state index contributed by atoms with van der Waals surface area (Å²) in [7, 11) is 1.63. The molecule has 23 heavy (non-hydrogen) atoms. The van der Waals surface area contributed by atoms with E-state index in [0.29, 0.717) is 10.7 Å². The lowest BCUT2D eigenvalue weighted by atomic mass is 10.2. The summed E-state index contributed by atoms with van der Waals surface area (Å²) in [4.78, 5) is 16.7. The van der Waals surface area contributed by atoms with Crippen LogP contribution in [-0.2, 0) is 0 Å². The number of carbonyl (C=O) groups excluding carboxylic acids is 1. The Morgan fingerprint density at radius 1 is 1.17 bits per heavy atom. The predicted octanol–water partition coefficient (Wildman–Crippen LogP) is 4.83. The molecule has 3 rings (SSSR count). The molecule has 1 N–H and O–H groups in total. The number of benzene rings is 2. The molecule has 116 valence electrons. The lowest BCUT2D eigenvalue weighted by molar-refractivity contribution is 0.102. The third-order valence-corrected chi connectivity index (χ3v) is 4.68. The number of rotatable bonds is 4. The molecule has 1 heterocycles. The van der Waals surface area contributed by atoms with Gasteiger partial charge in [0.2, 0.25) is 0 Å². The number of anilines is 1. The second-order valence-electron chi connectivity index (χ2n) is 4.70. The molecule has 0 bridgehead atoms. The second kappa shape index (κ2) is 6.93. The van der Waals surface area contributed by atoms with E-state index < -0.39 is 0 Å². The first kappa shape index (κ1) is 15.7. The Kier molecular flexibility index (Phi) is 4.73. The standard InChI is InChI=1S/C17H13BrN2O2S/c1-22-12-8-6-11(7-9-12)15-10-23-17(19-15)20-16(21)13-4-2-3-5-14(13)18/h2-10H,1H3,(H,19,20,21). The van der Waals surface area contributed by atoms with E-state index in [9.17, 15) is 4.79 Å². The molecular formula is C17H13BrN2O2S. The van der Waals surface area contributed by atoms with E-state index in [0.717, 1.165) is 21.5 Å². The van der Waals surface area contributed by atoms with Crippen molar-refractivity contribution in [3.8, 4) is 17.0 Å². The van der Waals surface area contributed by atoms with E-state index in [1.165, 1.54) is 11.3 Å². The minimum Gasteiger partial charge on any atom is -0.497 e. The van der Waals surface area contributed by atoms with Gasteiger partial charge < -0.3 is 4.74 Å². The van der Waals surface area contributed by atoms with Crippen molar-refractivity contribution < 1.29 is 9.53 Å². The van der Waals surface area contributed by atoms with Gasteiger partial charge in [0.25, 0.3) is 5.91 Å². The number of nitrogens with zero attached hydrogens (tertiary/aromatic N) is 1. The fraction of sp³-hybridized carbons (Fsp3) is 0.0588. The van der Waals surface area contributed by atoms with Crippen LogP contribution in [0.4, 0.5) is 5.13 Å². The van der Waals surface area contributed by atoms with Crippen molar-refractivity contribution in [1.29, 1.82) is 0 Å². The van der Waals surface area contributed by atoms with E-state index in [1.807, 2.05) is 47.8 Å². The number of thiazole rings is 1. The highest BCUT2D eigenvalue weighted by molar-refractivity contribution is 9.10. The van der Waals surface area contributed by atoms with Crippen molar-refractivity contribution in [1.82, 2.24) is 4.98 Å². The molecule has 0 fully saturated rings. The highest BCUT2D eigenvalue weighted by Gasteiger charge is 2.12. The van der Waals surface area contributed by atoms with Crippen LogP contribution in [0.3, 0.4) is 0 Å². The minimum absolute atomic E-state index is 0.187. The summed E-state index contributed by atoms with van der Waals surface area (Å²) in [6.07, 6.45) is 0. The van der Waals surface area contributed by atoms with Crippen molar-refractivity contribution in [2.45, 2.75) is 0 Å². The Morgan fingerprint density at radius 2 is 1.91 bits per heavy atom. The molecule has 0 radical (unpaired) electrons. The maximum atomic E-state index is 12.3. The van der Waals surface area contributed by atoms with E-state index in [-0.39, 0.29) is 5.91 Å². The zero-order valence-corrected chi connectivity index (χ0v) is 14.6. The SMILES string of the molecule is COc1ccc(-c2csc(NC(=O)c3ccccc3Br)n2)cc1. The van der Waals surface area contributed by atoms with Crippen LogP contribution >= 0.6 is 27.3 Å². The van der Waals surface area contributed by atoms with Gasteiger partial charge in [0.05, 0.1) is 18.4 Å². The molecule has 4 nitrogen and oxygen atoms in total. The Morgan fingerprint density at radius 3 is 2.61 bits per heavy atom. The molecule has 3 aromatic rings. The monoisotopic (exact) mass is 388 g/mol. The van der Waals surface area contributed by atoms with Gasteiger partial charge in [0, 0.05) is 15.4 Å². The molecule has 0 aliphatic heterocycles. The first-order valence-corrected chi connectivity index (χ1v) is 8.50. The molecule has 0 aliphatic rings. The van der Waals surface area contributed by atoms with Gasteiger partial charge in [-0.15, -0.1) is 11.3 Å². The van der Waals surface area contributed by atoms with Crippen LogP contribution in [0.1, 0.15) is 10.4 Å². The topological polar surface area (TPSA) is 51.2 Å². The molecule has 0 atom stereocenters. The summed E-state index contributed by atoms with van der Waals surface area (Å²) in [5.41, 5.74) is 2.37. The molecule has 1 amide bonds. The fourth-order valence-corrected chi connectivity index (χ4v) is 3.21. The Labute approximate surface area is 146 Å². The van der Waals surface area contributed by atoms with Gasteiger partial charge in [-0.3, -0.25) is 10.1 Å². The Balaban J connectivity index is 1.76. The Bertz CT molecular complexity index is 831. The van der Waals surface area contributed by atoms with Gasteiger partial charge in [-0.25, -0.2) is 4.98 Å². The zero-order chi connectivity index (χ0) is 16.2. The number of methoxy groups -OCH3 is 1. The lowest BCUT2D eigenvalue weighted by Gasteiger charge is -2.03. The van der Waals surface area contributed by atoms with Crippen LogP contribution in [0.2, 0.25) is 0 Å². The summed E-state index contributed by atoms with van der Waals surface area (Å²) in [5, 5.41) is 5.31.